The summed E-state index contributed by atoms with van der Waals surface area (Å²) >= 11 is 0. The molecule has 3 amide bonds. The number of quaternary nitrogens is 1. The van der Waals surface area contributed by atoms with Crippen LogP contribution in [0, 0.1) is 5.41 Å². The van der Waals surface area contributed by atoms with Crippen molar-refractivity contribution in [2.75, 3.05) is 12.4 Å². The third kappa shape index (κ3) is 4.09. The van der Waals surface area contributed by atoms with Crippen molar-refractivity contribution in [2.45, 2.75) is 6.18 Å². The lowest BCUT2D eigenvalue weighted by molar-refractivity contribution is -0.141. The first-order chi connectivity index (χ1) is 16.0. The zero-order chi connectivity index (χ0) is 24.7. The topological polar surface area (TPSA) is 151 Å². The number of urea groups is 1. The Morgan fingerprint density at radius 2 is 1.88 bits per heavy atom. The minimum absolute atomic E-state index is 0.117. The lowest BCUT2D eigenvalue weighted by Crippen LogP contribution is -2.45. The zero-order valence-corrected chi connectivity index (χ0v) is 17.5. The van der Waals surface area contributed by atoms with Gasteiger partial charge in [-0.1, -0.05) is 16.7 Å². The monoisotopic (exact) mass is 472 g/mol. The quantitative estimate of drug-likeness (QED) is 0.256. The van der Waals surface area contributed by atoms with Crippen LogP contribution in [-0.2, 0) is 6.18 Å². The van der Waals surface area contributed by atoms with Crippen molar-refractivity contribution in [2.24, 2.45) is 16.2 Å². The predicted octanol–water partition coefficient (Wildman–Crippen LogP) is 3.37. The zero-order valence-electron chi connectivity index (χ0n) is 17.5. The second kappa shape index (κ2) is 8.08. The number of nitrogens with two attached hydrogens (primary N) is 1. The molecule has 34 heavy (non-hydrogen) atoms. The van der Waals surface area contributed by atoms with E-state index in [1.165, 1.54) is 55.6 Å². The van der Waals surface area contributed by atoms with Gasteiger partial charge in [-0.05, 0) is 29.5 Å². The molecule has 0 aliphatic carbocycles. The Morgan fingerprint density at radius 3 is 2.47 bits per heavy atom. The van der Waals surface area contributed by atoms with E-state index in [0.717, 1.165) is 4.68 Å². The fourth-order valence-electron chi connectivity index (χ4n) is 3.17. The van der Waals surface area contributed by atoms with Gasteiger partial charge in [-0.15, -0.1) is 0 Å². The molecule has 0 bridgehead atoms. The number of hydrogen-bond donors (Lipinski definition) is 4. The molecule has 4 rings (SSSR count). The maximum Gasteiger partial charge on any atom is 0.471 e. The summed E-state index contributed by atoms with van der Waals surface area (Å²) in [5.41, 5.74) is 7.12. The highest BCUT2D eigenvalue weighted by Crippen LogP contribution is 2.30. The third-order valence-electron chi connectivity index (χ3n) is 5.03. The number of aromatic nitrogens is 2. The number of anilines is 1. The van der Waals surface area contributed by atoms with Crippen LogP contribution in [0.3, 0.4) is 0 Å². The summed E-state index contributed by atoms with van der Waals surface area (Å²) in [6.07, 6.45) is -4.79. The van der Waals surface area contributed by atoms with Crippen molar-refractivity contribution < 1.29 is 22.8 Å². The Kier molecular flexibility index (Phi) is 5.37. The van der Waals surface area contributed by atoms with E-state index in [1.54, 1.807) is 0 Å². The number of nitrogen functional groups attached to an aromatic ring is 1. The lowest BCUT2D eigenvalue weighted by atomic mass is 10.2. The van der Waals surface area contributed by atoms with Crippen LogP contribution in [0.15, 0.2) is 65.0 Å². The molecule has 3 aromatic rings. The van der Waals surface area contributed by atoms with Gasteiger partial charge < -0.3 is 11.1 Å². The third-order valence-corrected chi connectivity index (χ3v) is 5.03. The van der Waals surface area contributed by atoms with E-state index in [1.807, 2.05) is 0 Å². The molecule has 1 aliphatic rings. The highest BCUT2D eigenvalue weighted by Gasteiger charge is 2.41. The number of benzene rings is 2. The van der Waals surface area contributed by atoms with Gasteiger partial charge in [0.15, 0.2) is 11.4 Å². The first-order valence-corrected chi connectivity index (χ1v) is 9.62. The van der Waals surface area contributed by atoms with Gasteiger partial charge in [0.2, 0.25) is 0 Å². The normalized spacial score (nSPS) is 17.5. The molecular weight excluding hydrogens is 455 g/mol. The summed E-state index contributed by atoms with van der Waals surface area (Å²) in [4.78, 5) is 24.9. The van der Waals surface area contributed by atoms with Crippen LogP contribution in [0.4, 0.5) is 29.3 Å². The molecule has 5 N–H and O–H groups in total. The van der Waals surface area contributed by atoms with Crippen molar-refractivity contribution in [1.82, 2.24) is 19.8 Å². The molecule has 1 aliphatic heterocycles. The molecule has 2 heterocycles. The molecule has 0 saturated heterocycles. The molecule has 0 radical (unpaired) electrons. The highest BCUT2D eigenvalue weighted by atomic mass is 19.4. The molecule has 0 spiro atoms. The van der Waals surface area contributed by atoms with Crippen LogP contribution < -0.4 is 21.1 Å². The summed E-state index contributed by atoms with van der Waals surface area (Å²) in [7, 11) is 1.51. The Morgan fingerprint density at radius 1 is 1.18 bits per heavy atom. The molecule has 0 fully saturated rings. The number of nitrogens with one attached hydrogen (secondary N) is 3. The molecule has 1 unspecified atom stereocenters. The minimum atomic E-state index is -4.79. The molecule has 174 valence electrons. The van der Waals surface area contributed by atoms with E-state index in [2.05, 4.69) is 26.3 Å². The largest absolute Gasteiger partial charge is 0.471 e. The molecule has 11 nitrogen and oxygen atoms in total. The minimum Gasteiger partial charge on any atom is -0.384 e. The number of halogens is 3. The predicted molar refractivity (Wildman–Crippen MR) is 115 cm³/mol. The summed E-state index contributed by atoms with van der Waals surface area (Å²) in [6, 6.07) is 11.9. The second-order valence-electron chi connectivity index (χ2n) is 7.35. The summed E-state index contributed by atoms with van der Waals surface area (Å²) < 4.78 is 40.4. The maximum atomic E-state index is 13.3. The van der Waals surface area contributed by atoms with Crippen molar-refractivity contribution in [3.63, 3.8) is 0 Å². The van der Waals surface area contributed by atoms with E-state index in [0.29, 0.717) is 11.8 Å². The molecule has 1 aromatic heterocycles. The Labute approximate surface area is 189 Å². The fourth-order valence-corrected chi connectivity index (χ4v) is 3.17. The van der Waals surface area contributed by atoms with Crippen LogP contribution >= 0.6 is 0 Å². The molecule has 14 heteroatoms. The van der Waals surface area contributed by atoms with Crippen molar-refractivity contribution in [3.8, 4) is 5.69 Å². The van der Waals surface area contributed by atoms with E-state index in [9.17, 15) is 22.8 Å². The van der Waals surface area contributed by atoms with Gasteiger partial charge in [-0.3, -0.25) is 10.2 Å². The van der Waals surface area contributed by atoms with Gasteiger partial charge in [-0.25, -0.2) is 9.48 Å². The van der Waals surface area contributed by atoms with Crippen LogP contribution in [-0.4, -0.2) is 34.6 Å². The van der Waals surface area contributed by atoms with Crippen LogP contribution in [0.25, 0.3) is 5.69 Å². The van der Waals surface area contributed by atoms with Gasteiger partial charge in [0.1, 0.15) is 18.6 Å². The van der Waals surface area contributed by atoms with Crippen LogP contribution in [0.1, 0.15) is 21.7 Å². The number of nitrogens with zero attached hydrogens (tertiary/aromatic N) is 5. The molecule has 1 atom stereocenters. The van der Waals surface area contributed by atoms with Crippen molar-refractivity contribution in [3.05, 3.63) is 71.5 Å². The Balaban J connectivity index is 1.66. The molecular formula is C20H17F3N9O2+. The number of amidine groups is 1. The van der Waals surface area contributed by atoms with Crippen molar-refractivity contribution in [1.29, 1.82) is 5.41 Å². The van der Waals surface area contributed by atoms with Crippen molar-refractivity contribution >= 4 is 29.1 Å². The molecule has 0 saturated carbocycles. The van der Waals surface area contributed by atoms with E-state index in [4.69, 9.17) is 11.1 Å². The van der Waals surface area contributed by atoms with Gasteiger partial charge >= 0.3 is 12.2 Å². The summed E-state index contributed by atoms with van der Waals surface area (Å²) in [5.74, 6) is -1.15. The fraction of sp³-hybridized carbons (Fsp3) is 0.100. The average molecular weight is 472 g/mol. The van der Waals surface area contributed by atoms with E-state index >= 15 is 0 Å². The van der Waals surface area contributed by atoms with E-state index < -0.39 is 28.4 Å². The highest BCUT2D eigenvalue weighted by molar-refractivity contribution is 6.04. The standard InChI is InChI=1S/C20H16F3N9O2/c1-32(19(34)27-29-30-32)14-7-5-12(6-8-14)26-18(33)15-10-16(20(21,22)23)28-31(15)13-4-2-3-11(9-13)17(24)25/h2-10H,1H3,(H4-,24,25,26,27,30,33,34)/p+1. The average Bonchev–Trinajstić information content (AvgIpc) is 3.39. The first-order valence-electron chi connectivity index (χ1n) is 9.62. The van der Waals surface area contributed by atoms with Gasteiger partial charge in [0, 0.05) is 29.4 Å². The maximum absolute atomic E-state index is 13.3. The number of hydrogen-bond acceptors (Lipinski definition) is 6. The Hall–Kier alpha value is -4.59. The number of amides is 3. The number of alkyl halides is 3. The van der Waals surface area contributed by atoms with Gasteiger partial charge in [0.25, 0.3) is 5.91 Å². The summed E-state index contributed by atoms with van der Waals surface area (Å²) in [6.45, 7) is 0. The van der Waals surface area contributed by atoms with Crippen LogP contribution in [0.5, 0.6) is 0 Å². The van der Waals surface area contributed by atoms with Crippen LogP contribution in [0.2, 0.25) is 0 Å². The number of rotatable bonds is 5. The number of carbonyl (C=O) groups excluding carboxylic acids is 2. The van der Waals surface area contributed by atoms with Gasteiger partial charge in [-0.2, -0.15) is 23.7 Å². The number of carbonyl (C=O) groups is 2. The van der Waals surface area contributed by atoms with E-state index in [-0.39, 0.29) is 28.5 Å². The first kappa shape index (κ1) is 22.6. The Bertz CT molecular complexity index is 1330. The molecule has 2 aromatic carbocycles. The second-order valence-corrected chi connectivity index (χ2v) is 7.35. The van der Waals surface area contributed by atoms with Gasteiger partial charge in [0.05, 0.1) is 10.9 Å². The SMILES string of the molecule is C[N+]1(c2ccc(NC(=O)c3cc(C(F)(F)F)nn3-c3cccc(C(=N)N)c3)cc2)N=NNC1=O. The smallest absolute Gasteiger partial charge is 0.384 e. The lowest BCUT2D eigenvalue weighted by Gasteiger charge is -2.16. The summed E-state index contributed by atoms with van der Waals surface area (Å²) in [5, 5.41) is 20.9.